The topological polar surface area (TPSA) is 58.6 Å². The van der Waals surface area contributed by atoms with Crippen molar-refractivity contribution in [2.75, 3.05) is 13.7 Å². The van der Waals surface area contributed by atoms with E-state index in [1.807, 2.05) is 80.6 Å². The van der Waals surface area contributed by atoms with Crippen LogP contribution < -0.4 is 10.1 Å². The monoisotopic (exact) mass is 586 g/mol. The van der Waals surface area contributed by atoms with Crippen LogP contribution in [0.3, 0.4) is 0 Å². The smallest absolute Gasteiger partial charge is 0.261 e. The highest BCUT2D eigenvalue weighted by atomic mass is 79.9. The number of halogens is 2. The number of ether oxygens (including phenoxy) is 1. The first-order valence-electron chi connectivity index (χ1n) is 11.0. The maximum Gasteiger partial charge on any atom is 0.261 e. The van der Waals surface area contributed by atoms with E-state index in [-0.39, 0.29) is 18.4 Å². The molecule has 0 bridgehead atoms. The first-order chi connectivity index (χ1) is 16.3. The lowest BCUT2D eigenvalue weighted by molar-refractivity contribution is -0.142. The van der Waals surface area contributed by atoms with Crippen molar-refractivity contribution in [2.45, 2.75) is 32.9 Å². The van der Waals surface area contributed by atoms with Crippen molar-refractivity contribution in [2.24, 2.45) is 0 Å². The lowest BCUT2D eigenvalue weighted by Gasteiger charge is -2.31. The first kappa shape index (κ1) is 26.0. The molecule has 0 saturated heterocycles. The summed E-state index contributed by atoms with van der Waals surface area (Å²) in [5.41, 5.74) is 3.96. The van der Waals surface area contributed by atoms with E-state index in [9.17, 15) is 9.59 Å². The van der Waals surface area contributed by atoms with Crippen LogP contribution in [-0.2, 0) is 22.6 Å². The van der Waals surface area contributed by atoms with Gasteiger partial charge in [-0.25, -0.2) is 0 Å². The Morgan fingerprint density at radius 3 is 2.15 bits per heavy atom. The summed E-state index contributed by atoms with van der Waals surface area (Å²) in [6, 6.07) is 20.5. The Morgan fingerprint density at radius 2 is 1.56 bits per heavy atom. The molecule has 1 unspecified atom stereocenters. The first-order valence-corrected chi connectivity index (χ1v) is 12.6. The Labute approximate surface area is 217 Å². The molecule has 3 aromatic carbocycles. The standard InChI is InChI=1S/C27H28Br2N2O3/c1-18-13-23(14-19(2)26(18)29)34-17-25(32)31(16-21-9-11-22(28)12-10-21)24(27(33)30-3)15-20-7-5-4-6-8-20/h4-14,24H,15-17H2,1-3H3,(H,30,33). The molecule has 3 aromatic rings. The quantitative estimate of drug-likeness (QED) is 0.355. The van der Waals surface area contributed by atoms with Crippen LogP contribution in [0.1, 0.15) is 22.3 Å². The maximum atomic E-state index is 13.5. The molecule has 2 amide bonds. The number of carbonyl (C=O) groups excluding carboxylic acids is 2. The third kappa shape index (κ3) is 6.93. The summed E-state index contributed by atoms with van der Waals surface area (Å²) in [6.45, 7) is 4.08. The van der Waals surface area contributed by atoms with Crippen LogP contribution in [0.4, 0.5) is 0 Å². The molecule has 34 heavy (non-hydrogen) atoms. The van der Waals surface area contributed by atoms with Gasteiger partial charge in [0.1, 0.15) is 11.8 Å². The molecule has 0 radical (unpaired) electrons. The van der Waals surface area contributed by atoms with Gasteiger partial charge in [0.2, 0.25) is 5.91 Å². The van der Waals surface area contributed by atoms with E-state index < -0.39 is 6.04 Å². The van der Waals surface area contributed by atoms with Gasteiger partial charge in [0.05, 0.1) is 0 Å². The van der Waals surface area contributed by atoms with Gasteiger partial charge in [-0.15, -0.1) is 0 Å². The molecule has 7 heteroatoms. The van der Waals surface area contributed by atoms with Gasteiger partial charge in [0.25, 0.3) is 5.91 Å². The number of rotatable bonds is 9. The predicted octanol–water partition coefficient (Wildman–Crippen LogP) is 5.59. The minimum absolute atomic E-state index is 0.167. The molecule has 1 N–H and O–H groups in total. The van der Waals surface area contributed by atoms with Gasteiger partial charge in [-0.05, 0) is 60.4 Å². The average molecular weight is 588 g/mol. The number of aryl methyl sites for hydroxylation is 2. The third-order valence-corrected chi connectivity index (χ3v) is 7.34. The fourth-order valence-electron chi connectivity index (χ4n) is 3.72. The summed E-state index contributed by atoms with van der Waals surface area (Å²) in [4.78, 5) is 28.0. The van der Waals surface area contributed by atoms with Gasteiger partial charge < -0.3 is 15.0 Å². The minimum Gasteiger partial charge on any atom is -0.484 e. The van der Waals surface area contributed by atoms with Crippen LogP contribution in [-0.4, -0.2) is 36.4 Å². The highest BCUT2D eigenvalue weighted by Gasteiger charge is 2.30. The largest absolute Gasteiger partial charge is 0.484 e. The molecule has 0 aromatic heterocycles. The normalized spacial score (nSPS) is 11.6. The van der Waals surface area contributed by atoms with E-state index in [1.165, 1.54) is 0 Å². The second-order valence-electron chi connectivity index (χ2n) is 8.13. The number of amides is 2. The van der Waals surface area contributed by atoms with Crippen LogP contribution in [0.5, 0.6) is 5.75 Å². The summed E-state index contributed by atoms with van der Waals surface area (Å²) in [6.07, 6.45) is 0.402. The zero-order valence-electron chi connectivity index (χ0n) is 19.5. The van der Waals surface area contributed by atoms with Crippen LogP contribution in [0.15, 0.2) is 75.7 Å². The minimum atomic E-state index is -0.680. The summed E-state index contributed by atoms with van der Waals surface area (Å²) in [5, 5.41) is 2.72. The molecule has 178 valence electrons. The zero-order chi connectivity index (χ0) is 24.7. The van der Waals surface area contributed by atoms with Gasteiger partial charge in [0, 0.05) is 29.0 Å². The average Bonchev–Trinajstić information content (AvgIpc) is 2.84. The molecule has 0 spiro atoms. The molecule has 0 fully saturated rings. The van der Waals surface area contributed by atoms with Crippen molar-refractivity contribution in [3.63, 3.8) is 0 Å². The second kappa shape index (κ2) is 12.2. The van der Waals surface area contributed by atoms with E-state index in [0.717, 1.165) is 31.2 Å². The second-order valence-corrected chi connectivity index (χ2v) is 9.84. The Balaban J connectivity index is 1.88. The highest BCUT2D eigenvalue weighted by molar-refractivity contribution is 9.10. The molecular formula is C27H28Br2N2O3. The molecule has 1 atom stereocenters. The van der Waals surface area contributed by atoms with E-state index >= 15 is 0 Å². The van der Waals surface area contributed by atoms with Crippen molar-refractivity contribution in [3.05, 3.63) is 97.9 Å². The van der Waals surface area contributed by atoms with Crippen LogP contribution in [0, 0.1) is 13.8 Å². The zero-order valence-corrected chi connectivity index (χ0v) is 22.6. The molecule has 0 saturated carbocycles. The maximum absolute atomic E-state index is 13.5. The van der Waals surface area contributed by atoms with Crippen LogP contribution in [0.25, 0.3) is 0 Å². The summed E-state index contributed by atoms with van der Waals surface area (Å²) < 4.78 is 7.85. The molecule has 0 aliphatic heterocycles. The molecule has 0 heterocycles. The van der Waals surface area contributed by atoms with Gasteiger partial charge in [-0.1, -0.05) is 74.3 Å². The van der Waals surface area contributed by atoms with Gasteiger partial charge in [-0.2, -0.15) is 0 Å². The van der Waals surface area contributed by atoms with E-state index in [2.05, 4.69) is 37.2 Å². The van der Waals surface area contributed by atoms with Crippen molar-refractivity contribution in [3.8, 4) is 5.75 Å². The summed E-state index contributed by atoms with van der Waals surface area (Å²) in [7, 11) is 1.59. The summed E-state index contributed by atoms with van der Waals surface area (Å²) in [5.74, 6) is 0.144. The number of likely N-dealkylation sites (N-methyl/N-ethyl adjacent to an activating group) is 1. The third-order valence-electron chi connectivity index (χ3n) is 5.56. The Hall–Kier alpha value is -2.64. The van der Waals surface area contributed by atoms with Crippen molar-refractivity contribution >= 4 is 43.7 Å². The Bertz CT molecular complexity index is 1110. The van der Waals surface area contributed by atoms with Crippen molar-refractivity contribution in [1.82, 2.24) is 10.2 Å². The Kier molecular flexibility index (Phi) is 9.30. The summed E-state index contributed by atoms with van der Waals surface area (Å²) >= 11 is 7.00. The van der Waals surface area contributed by atoms with Crippen molar-refractivity contribution < 1.29 is 14.3 Å². The number of carbonyl (C=O) groups is 2. The van der Waals surface area contributed by atoms with Gasteiger partial charge in [0.15, 0.2) is 6.61 Å². The fourth-order valence-corrected chi connectivity index (χ4v) is 4.22. The van der Waals surface area contributed by atoms with E-state index in [4.69, 9.17) is 4.74 Å². The number of benzene rings is 3. The number of nitrogens with one attached hydrogen (secondary N) is 1. The molecule has 5 nitrogen and oxygen atoms in total. The van der Waals surface area contributed by atoms with Crippen molar-refractivity contribution in [1.29, 1.82) is 0 Å². The van der Waals surface area contributed by atoms with E-state index in [0.29, 0.717) is 18.7 Å². The SMILES string of the molecule is CNC(=O)C(Cc1ccccc1)N(Cc1ccc(Br)cc1)C(=O)COc1cc(C)c(Br)c(C)c1. The predicted molar refractivity (Wildman–Crippen MR) is 142 cm³/mol. The highest BCUT2D eigenvalue weighted by Crippen LogP contribution is 2.26. The van der Waals surface area contributed by atoms with Gasteiger partial charge >= 0.3 is 0 Å². The number of nitrogens with zero attached hydrogens (tertiary/aromatic N) is 1. The molecular weight excluding hydrogens is 560 g/mol. The lowest BCUT2D eigenvalue weighted by Crippen LogP contribution is -2.51. The molecule has 0 aliphatic rings. The number of hydrogen-bond acceptors (Lipinski definition) is 3. The van der Waals surface area contributed by atoms with Gasteiger partial charge in [-0.3, -0.25) is 9.59 Å². The van der Waals surface area contributed by atoms with Crippen LogP contribution in [0.2, 0.25) is 0 Å². The number of hydrogen-bond donors (Lipinski definition) is 1. The molecule has 0 aliphatic carbocycles. The van der Waals surface area contributed by atoms with Crippen LogP contribution >= 0.6 is 31.9 Å². The Morgan fingerprint density at radius 1 is 0.941 bits per heavy atom. The fraction of sp³-hybridized carbons (Fsp3) is 0.259. The lowest BCUT2D eigenvalue weighted by atomic mass is 10.0. The molecule has 3 rings (SSSR count). The van der Waals surface area contributed by atoms with E-state index in [1.54, 1.807) is 11.9 Å².